The molecule has 1 N–H and O–H groups in total. The van der Waals surface area contributed by atoms with E-state index in [1.807, 2.05) is 30.7 Å². The number of rotatable bonds is 1. The summed E-state index contributed by atoms with van der Waals surface area (Å²) in [5.74, 6) is -0.0905. The van der Waals surface area contributed by atoms with Crippen LogP contribution in [0.5, 0.6) is 0 Å². The SMILES string of the molecule is CNC(=O)c1cn(C)c2c(Cl)cc(C)cc12. The van der Waals surface area contributed by atoms with Gasteiger partial charge in [-0.05, 0) is 24.6 Å². The highest BCUT2D eigenvalue weighted by atomic mass is 35.5. The average molecular weight is 237 g/mol. The van der Waals surface area contributed by atoms with E-state index >= 15 is 0 Å². The minimum Gasteiger partial charge on any atom is -0.355 e. The molecule has 0 aliphatic carbocycles. The number of nitrogens with zero attached hydrogens (tertiary/aromatic N) is 1. The van der Waals surface area contributed by atoms with Crippen molar-refractivity contribution in [1.29, 1.82) is 0 Å². The van der Waals surface area contributed by atoms with Crippen LogP contribution in [0, 0.1) is 6.92 Å². The summed E-state index contributed by atoms with van der Waals surface area (Å²) in [4.78, 5) is 11.7. The van der Waals surface area contributed by atoms with Gasteiger partial charge in [-0.1, -0.05) is 11.6 Å². The topological polar surface area (TPSA) is 34.0 Å². The minimum absolute atomic E-state index is 0.0905. The molecule has 0 fully saturated rings. The van der Waals surface area contributed by atoms with Gasteiger partial charge in [0.1, 0.15) is 0 Å². The highest BCUT2D eigenvalue weighted by molar-refractivity contribution is 6.35. The van der Waals surface area contributed by atoms with Crippen molar-refractivity contribution in [2.24, 2.45) is 7.05 Å². The zero-order valence-electron chi connectivity index (χ0n) is 9.47. The molecule has 0 saturated carbocycles. The van der Waals surface area contributed by atoms with Gasteiger partial charge in [-0.3, -0.25) is 4.79 Å². The van der Waals surface area contributed by atoms with Crippen LogP contribution in [-0.4, -0.2) is 17.5 Å². The van der Waals surface area contributed by atoms with Crippen LogP contribution in [0.1, 0.15) is 15.9 Å². The van der Waals surface area contributed by atoms with E-state index in [-0.39, 0.29) is 5.91 Å². The summed E-state index contributed by atoms with van der Waals surface area (Å²) in [6, 6.07) is 3.88. The molecule has 4 heteroatoms. The molecule has 2 aromatic rings. The standard InChI is InChI=1S/C12H13ClN2O/c1-7-4-8-9(12(16)14-2)6-15(3)11(8)10(13)5-7/h4-6H,1-3H3,(H,14,16). The third kappa shape index (κ3) is 1.57. The molecule has 0 aliphatic heterocycles. The van der Waals surface area contributed by atoms with Crippen LogP contribution in [0.4, 0.5) is 0 Å². The largest absolute Gasteiger partial charge is 0.355 e. The first-order chi connectivity index (χ1) is 7.54. The van der Waals surface area contributed by atoms with Crippen LogP contribution in [-0.2, 0) is 7.05 Å². The van der Waals surface area contributed by atoms with Crippen LogP contribution in [0.2, 0.25) is 5.02 Å². The Labute approximate surface area is 99.0 Å². The van der Waals surface area contributed by atoms with E-state index in [4.69, 9.17) is 11.6 Å². The lowest BCUT2D eigenvalue weighted by Gasteiger charge is -2.01. The van der Waals surface area contributed by atoms with Gasteiger partial charge >= 0.3 is 0 Å². The molecule has 0 radical (unpaired) electrons. The number of benzene rings is 1. The maximum Gasteiger partial charge on any atom is 0.253 e. The van der Waals surface area contributed by atoms with Crippen molar-refractivity contribution in [2.45, 2.75) is 6.92 Å². The first kappa shape index (κ1) is 11.0. The molecule has 0 spiro atoms. The van der Waals surface area contributed by atoms with Crippen molar-refractivity contribution < 1.29 is 4.79 Å². The third-order valence-electron chi connectivity index (χ3n) is 2.65. The Morgan fingerprint density at radius 1 is 1.44 bits per heavy atom. The van der Waals surface area contributed by atoms with Crippen LogP contribution < -0.4 is 5.32 Å². The van der Waals surface area contributed by atoms with E-state index in [9.17, 15) is 4.79 Å². The van der Waals surface area contributed by atoms with E-state index in [1.54, 1.807) is 13.2 Å². The van der Waals surface area contributed by atoms with Gasteiger partial charge in [0.05, 0.1) is 16.1 Å². The van der Waals surface area contributed by atoms with Gasteiger partial charge in [0.2, 0.25) is 0 Å². The Morgan fingerprint density at radius 3 is 2.75 bits per heavy atom. The smallest absolute Gasteiger partial charge is 0.253 e. The lowest BCUT2D eigenvalue weighted by molar-refractivity contribution is 0.0964. The summed E-state index contributed by atoms with van der Waals surface area (Å²) in [5.41, 5.74) is 2.60. The van der Waals surface area contributed by atoms with Crippen molar-refractivity contribution in [1.82, 2.24) is 9.88 Å². The molecule has 0 aliphatic rings. The van der Waals surface area contributed by atoms with Crippen molar-refractivity contribution in [3.8, 4) is 0 Å². The maximum absolute atomic E-state index is 11.7. The number of aromatic nitrogens is 1. The predicted molar refractivity (Wildman–Crippen MR) is 66.1 cm³/mol. The minimum atomic E-state index is -0.0905. The predicted octanol–water partition coefficient (Wildman–Crippen LogP) is 2.50. The van der Waals surface area contributed by atoms with E-state index < -0.39 is 0 Å². The van der Waals surface area contributed by atoms with E-state index in [0.717, 1.165) is 16.5 Å². The number of halogens is 1. The lowest BCUT2D eigenvalue weighted by atomic mass is 10.1. The highest BCUT2D eigenvalue weighted by Crippen LogP contribution is 2.28. The van der Waals surface area contributed by atoms with E-state index in [0.29, 0.717) is 10.6 Å². The second-order valence-corrected chi connectivity index (χ2v) is 4.28. The molecule has 1 amide bonds. The number of carbonyl (C=O) groups excluding carboxylic acids is 1. The quantitative estimate of drug-likeness (QED) is 0.811. The number of amides is 1. The van der Waals surface area contributed by atoms with Crippen molar-refractivity contribution in [2.75, 3.05) is 7.05 Å². The second kappa shape index (κ2) is 3.83. The molecular formula is C12H13ClN2O. The fraction of sp³-hybridized carbons (Fsp3) is 0.250. The molecule has 0 bridgehead atoms. The number of hydrogen-bond donors (Lipinski definition) is 1. The third-order valence-corrected chi connectivity index (χ3v) is 2.93. The van der Waals surface area contributed by atoms with Crippen LogP contribution in [0.3, 0.4) is 0 Å². The normalized spacial score (nSPS) is 10.8. The zero-order chi connectivity index (χ0) is 11.9. The maximum atomic E-state index is 11.7. The van der Waals surface area contributed by atoms with Gasteiger partial charge in [-0.25, -0.2) is 0 Å². The summed E-state index contributed by atoms with van der Waals surface area (Å²) in [7, 11) is 3.51. The zero-order valence-corrected chi connectivity index (χ0v) is 10.2. The molecular weight excluding hydrogens is 224 g/mol. The highest BCUT2D eigenvalue weighted by Gasteiger charge is 2.14. The molecule has 0 atom stereocenters. The molecule has 1 heterocycles. The van der Waals surface area contributed by atoms with Gasteiger partial charge in [-0.15, -0.1) is 0 Å². The summed E-state index contributed by atoms with van der Waals surface area (Å²) in [6.07, 6.45) is 1.80. The average Bonchev–Trinajstić information content (AvgIpc) is 2.54. The fourth-order valence-electron chi connectivity index (χ4n) is 1.94. The number of fused-ring (bicyclic) bond motifs is 1. The van der Waals surface area contributed by atoms with Gasteiger partial charge in [0, 0.05) is 25.7 Å². The Morgan fingerprint density at radius 2 is 2.12 bits per heavy atom. The van der Waals surface area contributed by atoms with Gasteiger partial charge in [0.25, 0.3) is 5.91 Å². The molecule has 16 heavy (non-hydrogen) atoms. The first-order valence-electron chi connectivity index (χ1n) is 5.02. The van der Waals surface area contributed by atoms with Crippen molar-refractivity contribution >= 4 is 28.4 Å². The Bertz CT molecular complexity index is 572. The summed E-state index contributed by atoms with van der Waals surface area (Å²) in [5, 5.41) is 4.20. The molecule has 1 aromatic heterocycles. The summed E-state index contributed by atoms with van der Waals surface area (Å²) in [6.45, 7) is 1.96. The summed E-state index contributed by atoms with van der Waals surface area (Å²) >= 11 is 6.18. The van der Waals surface area contributed by atoms with E-state index in [1.165, 1.54) is 0 Å². The number of hydrogen-bond acceptors (Lipinski definition) is 1. The van der Waals surface area contributed by atoms with Crippen LogP contribution in [0.25, 0.3) is 10.9 Å². The summed E-state index contributed by atoms with van der Waals surface area (Å²) < 4.78 is 1.88. The Balaban J connectivity index is 2.83. The van der Waals surface area contributed by atoms with Crippen molar-refractivity contribution in [3.63, 3.8) is 0 Å². The van der Waals surface area contributed by atoms with Crippen LogP contribution >= 0.6 is 11.6 Å². The fourth-order valence-corrected chi connectivity index (χ4v) is 2.35. The van der Waals surface area contributed by atoms with Gasteiger partial charge in [0.15, 0.2) is 0 Å². The van der Waals surface area contributed by atoms with Crippen molar-refractivity contribution in [3.05, 3.63) is 34.5 Å². The number of nitrogens with one attached hydrogen (secondary N) is 1. The van der Waals surface area contributed by atoms with Crippen LogP contribution in [0.15, 0.2) is 18.3 Å². The molecule has 3 nitrogen and oxygen atoms in total. The molecule has 0 unspecified atom stereocenters. The molecule has 2 rings (SSSR count). The lowest BCUT2D eigenvalue weighted by Crippen LogP contribution is -2.17. The van der Waals surface area contributed by atoms with E-state index in [2.05, 4.69) is 5.32 Å². The second-order valence-electron chi connectivity index (χ2n) is 3.88. The Hall–Kier alpha value is -1.48. The molecule has 84 valence electrons. The van der Waals surface area contributed by atoms with Gasteiger partial charge < -0.3 is 9.88 Å². The molecule has 0 saturated heterocycles. The monoisotopic (exact) mass is 236 g/mol. The first-order valence-corrected chi connectivity index (χ1v) is 5.39. The van der Waals surface area contributed by atoms with Gasteiger partial charge in [-0.2, -0.15) is 0 Å². The molecule has 1 aromatic carbocycles. The number of carbonyl (C=O) groups is 1. The Kier molecular flexibility index (Phi) is 2.64. The number of aryl methyl sites for hydroxylation is 2.